The highest BCUT2D eigenvalue weighted by molar-refractivity contribution is 6.28. The van der Waals surface area contributed by atoms with Crippen LogP contribution in [0.4, 0.5) is 11.4 Å². The van der Waals surface area contributed by atoms with Gasteiger partial charge in [0.1, 0.15) is 0 Å². The Kier molecular flexibility index (Phi) is 4.63. The van der Waals surface area contributed by atoms with E-state index in [9.17, 15) is 14.4 Å². The average molecular weight is 423 g/mol. The number of amides is 1. The highest BCUT2D eigenvalue weighted by Crippen LogP contribution is 2.41. The first-order chi connectivity index (χ1) is 15.5. The molecule has 5 rings (SSSR count). The molecular weight excluding hydrogens is 402 g/mol. The van der Waals surface area contributed by atoms with Crippen molar-refractivity contribution in [2.45, 2.75) is 6.42 Å². The molecule has 32 heavy (non-hydrogen) atoms. The Bertz CT molecular complexity index is 1470. The number of aryl methyl sites for hydroxylation is 1. The number of aromatic nitrogens is 1. The topological polar surface area (TPSA) is 80.2 Å². The summed E-state index contributed by atoms with van der Waals surface area (Å²) < 4.78 is 1.57. The predicted octanol–water partition coefficient (Wildman–Crippen LogP) is 3.78. The van der Waals surface area contributed by atoms with E-state index in [1.165, 1.54) is 0 Å². The number of pyridine rings is 1. The van der Waals surface area contributed by atoms with Gasteiger partial charge in [-0.05, 0) is 41.0 Å². The third-order valence-electron chi connectivity index (χ3n) is 5.98. The summed E-state index contributed by atoms with van der Waals surface area (Å²) in [6, 6.07) is 20.3. The number of ketones is 1. The van der Waals surface area contributed by atoms with Crippen molar-refractivity contribution < 1.29 is 9.59 Å². The summed E-state index contributed by atoms with van der Waals surface area (Å²) in [6.45, 7) is 0. The fourth-order valence-electron chi connectivity index (χ4n) is 4.29. The number of nitrogens with one attached hydrogen (secondary N) is 2. The number of carbonyl (C=O) groups excluding carboxylic acids is 2. The molecule has 6 heteroatoms. The maximum atomic E-state index is 13.5. The molecule has 1 aromatic heterocycles. The van der Waals surface area contributed by atoms with Gasteiger partial charge in [-0.15, -0.1) is 0 Å². The number of benzene rings is 3. The second-order valence-corrected chi connectivity index (χ2v) is 7.88. The smallest absolute Gasteiger partial charge is 0.251 e. The third-order valence-corrected chi connectivity index (χ3v) is 5.98. The van der Waals surface area contributed by atoms with Crippen molar-refractivity contribution in [1.82, 2.24) is 9.88 Å². The lowest BCUT2D eigenvalue weighted by Gasteiger charge is -2.23. The molecule has 1 amide bonds. The van der Waals surface area contributed by atoms with E-state index >= 15 is 0 Å². The van der Waals surface area contributed by atoms with Crippen molar-refractivity contribution in [3.63, 3.8) is 0 Å². The lowest BCUT2D eigenvalue weighted by molar-refractivity contribution is -0.119. The molecule has 0 bridgehead atoms. The van der Waals surface area contributed by atoms with E-state index in [4.69, 9.17) is 0 Å². The largest absolute Gasteiger partial charge is 0.359 e. The van der Waals surface area contributed by atoms with Crippen molar-refractivity contribution in [3.8, 4) is 11.1 Å². The average Bonchev–Trinajstić information content (AvgIpc) is 2.81. The van der Waals surface area contributed by atoms with Gasteiger partial charge in [0.15, 0.2) is 5.78 Å². The number of likely N-dealkylation sites (N-methyl/N-ethyl adjacent to an activating group) is 1. The second kappa shape index (κ2) is 7.50. The van der Waals surface area contributed by atoms with E-state index in [1.54, 1.807) is 30.8 Å². The van der Waals surface area contributed by atoms with E-state index in [-0.39, 0.29) is 17.2 Å². The number of hydrogen-bond donors (Lipinski definition) is 2. The summed E-state index contributed by atoms with van der Waals surface area (Å²) >= 11 is 0. The number of carbonyl (C=O) groups is 2. The van der Waals surface area contributed by atoms with Crippen LogP contribution in [0.15, 0.2) is 71.5 Å². The number of nitrogens with zero attached hydrogens (tertiary/aromatic N) is 1. The standard InChI is InChI=1S/C26H21N3O3/c1-27-22(30)13-15-7-9-16(10-8-15)28-20-11-12-21-24-19(14-23(31)29(21)2)17-5-3-4-6-18(17)26(32)25(20)24/h3-12,14,28H,13H2,1-2H3,(H,27,30). The van der Waals surface area contributed by atoms with Crippen LogP contribution >= 0.6 is 0 Å². The Morgan fingerprint density at radius 2 is 1.62 bits per heavy atom. The van der Waals surface area contributed by atoms with Gasteiger partial charge < -0.3 is 15.2 Å². The van der Waals surface area contributed by atoms with E-state index < -0.39 is 0 Å². The zero-order valence-corrected chi connectivity index (χ0v) is 17.7. The van der Waals surface area contributed by atoms with Crippen LogP contribution in [0.1, 0.15) is 21.5 Å². The Hall–Kier alpha value is -4.19. The third kappa shape index (κ3) is 3.08. The fourth-order valence-corrected chi connectivity index (χ4v) is 4.29. The maximum absolute atomic E-state index is 13.5. The number of anilines is 2. The summed E-state index contributed by atoms with van der Waals surface area (Å²) in [5.41, 5.74) is 5.69. The van der Waals surface area contributed by atoms with Gasteiger partial charge in [0, 0.05) is 36.8 Å². The van der Waals surface area contributed by atoms with Gasteiger partial charge in [0.05, 0.1) is 23.2 Å². The maximum Gasteiger partial charge on any atom is 0.251 e. The number of hydrogen-bond acceptors (Lipinski definition) is 4. The van der Waals surface area contributed by atoms with Gasteiger partial charge in [0.25, 0.3) is 5.56 Å². The molecule has 0 radical (unpaired) electrons. The molecule has 0 aliphatic heterocycles. The van der Waals surface area contributed by atoms with Crippen molar-refractivity contribution in [2.75, 3.05) is 12.4 Å². The summed E-state index contributed by atoms with van der Waals surface area (Å²) in [5, 5.41) is 6.75. The minimum Gasteiger partial charge on any atom is -0.359 e. The van der Waals surface area contributed by atoms with Crippen LogP contribution in [-0.4, -0.2) is 23.3 Å². The first-order valence-corrected chi connectivity index (χ1v) is 10.4. The molecule has 0 atom stereocenters. The van der Waals surface area contributed by atoms with Crippen molar-refractivity contribution in [3.05, 3.63) is 93.8 Å². The van der Waals surface area contributed by atoms with Crippen molar-refractivity contribution in [2.24, 2.45) is 7.05 Å². The van der Waals surface area contributed by atoms with Crippen molar-refractivity contribution >= 4 is 34.0 Å². The molecule has 4 aromatic rings. The zero-order valence-electron chi connectivity index (χ0n) is 17.7. The molecular formula is C26H21N3O3. The van der Waals surface area contributed by atoms with Gasteiger partial charge in [-0.2, -0.15) is 0 Å². The zero-order chi connectivity index (χ0) is 22.4. The molecule has 1 heterocycles. The Labute approximate surface area is 184 Å². The minimum atomic E-state index is -0.116. The van der Waals surface area contributed by atoms with Crippen LogP contribution in [-0.2, 0) is 18.3 Å². The quantitative estimate of drug-likeness (QED) is 0.461. The second-order valence-electron chi connectivity index (χ2n) is 7.88. The van der Waals surface area contributed by atoms with Crippen LogP contribution in [0.25, 0.3) is 22.0 Å². The monoisotopic (exact) mass is 423 g/mol. The summed E-state index contributed by atoms with van der Waals surface area (Å²) in [4.78, 5) is 37.7. The lowest BCUT2D eigenvalue weighted by Crippen LogP contribution is -2.21. The van der Waals surface area contributed by atoms with E-state index in [2.05, 4.69) is 10.6 Å². The highest BCUT2D eigenvalue weighted by Gasteiger charge is 2.28. The molecule has 0 fully saturated rings. The van der Waals surface area contributed by atoms with Gasteiger partial charge >= 0.3 is 0 Å². The van der Waals surface area contributed by atoms with Gasteiger partial charge in [0.2, 0.25) is 5.91 Å². The molecule has 6 nitrogen and oxygen atoms in total. The predicted molar refractivity (Wildman–Crippen MR) is 126 cm³/mol. The summed E-state index contributed by atoms with van der Waals surface area (Å²) in [5.74, 6) is -0.122. The van der Waals surface area contributed by atoms with E-state index in [0.29, 0.717) is 23.2 Å². The van der Waals surface area contributed by atoms with Crippen molar-refractivity contribution in [1.29, 1.82) is 0 Å². The molecule has 3 aromatic carbocycles. The van der Waals surface area contributed by atoms with Crippen LogP contribution < -0.4 is 16.2 Å². The number of fused-ring (bicyclic) bond motifs is 2. The fraction of sp³-hybridized carbons (Fsp3) is 0.115. The van der Waals surface area contributed by atoms with Crippen LogP contribution in [0.3, 0.4) is 0 Å². The lowest BCUT2D eigenvalue weighted by atomic mass is 9.83. The molecule has 2 N–H and O–H groups in total. The minimum absolute atomic E-state index is 0.0490. The van der Waals surface area contributed by atoms with Gasteiger partial charge in [-0.25, -0.2) is 0 Å². The molecule has 0 spiro atoms. The van der Waals surface area contributed by atoms with E-state index in [1.807, 2.05) is 54.6 Å². The van der Waals surface area contributed by atoms with Gasteiger partial charge in [-0.1, -0.05) is 36.4 Å². The van der Waals surface area contributed by atoms with E-state index in [0.717, 1.165) is 33.3 Å². The first-order valence-electron chi connectivity index (χ1n) is 10.4. The van der Waals surface area contributed by atoms with Gasteiger partial charge in [-0.3, -0.25) is 14.4 Å². The SMILES string of the molecule is CNC(=O)Cc1ccc(Nc2ccc3c4c(cc(=O)n3C)-c3ccccc3C(=O)c24)cc1. The molecule has 0 unspecified atom stereocenters. The number of rotatable bonds is 4. The Balaban J connectivity index is 1.65. The molecule has 158 valence electrons. The highest BCUT2D eigenvalue weighted by atomic mass is 16.1. The molecule has 0 saturated carbocycles. The Morgan fingerprint density at radius 1 is 0.906 bits per heavy atom. The first kappa shape index (κ1) is 19.8. The normalized spacial score (nSPS) is 11.9. The molecule has 1 aliphatic carbocycles. The summed E-state index contributed by atoms with van der Waals surface area (Å²) in [6.07, 6.45) is 0.310. The summed E-state index contributed by atoms with van der Waals surface area (Å²) in [7, 11) is 3.33. The van der Waals surface area contributed by atoms with Crippen LogP contribution in [0.2, 0.25) is 0 Å². The Morgan fingerprint density at radius 3 is 2.34 bits per heavy atom. The molecule has 0 saturated heterocycles. The van der Waals surface area contributed by atoms with Crippen LogP contribution in [0, 0.1) is 0 Å². The molecule has 1 aliphatic rings. The van der Waals surface area contributed by atoms with Crippen LogP contribution in [0.5, 0.6) is 0 Å².